The molecule has 2 N–H and O–H groups in total. The minimum Gasteiger partial charge on any atom is -0.457 e. The molecule has 2 aromatic carbocycles. The maximum absolute atomic E-state index is 13.4. The number of urea groups is 1. The van der Waals surface area contributed by atoms with E-state index in [0.29, 0.717) is 43.2 Å². The number of carbonyl (C=O) groups excluding carboxylic acids is 3. The standard InChI is InChI=1S/C29H30N6O4S/c1-33(2)17-23(36)34-15-13-18(16-34)31-27(37)26-25-24-22(12-14-30-28(24)40-26)35(29(38)32-25)19-8-10-21(11-9-19)39-20-6-4-3-5-7-20/h3-12,14,18,25-26H,13,15-17H2,1-2H3,(H,31,37)(H,32,38)/t18?,25?,26-/m1/s1. The van der Waals surface area contributed by atoms with Gasteiger partial charge in [0.25, 0.3) is 0 Å². The van der Waals surface area contributed by atoms with E-state index < -0.39 is 11.3 Å². The first-order chi connectivity index (χ1) is 19.4. The van der Waals surface area contributed by atoms with Crippen LogP contribution < -0.4 is 20.3 Å². The molecule has 3 atom stereocenters. The van der Waals surface area contributed by atoms with Crippen molar-refractivity contribution < 1.29 is 19.1 Å². The van der Waals surface area contributed by atoms with Crippen LogP contribution in [0.1, 0.15) is 18.0 Å². The lowest BCUT2D eigenvalue weighted by Crippen LogP contribution is -2.50. The van der Waals surface area contributed by atoms with Crippen molar-refractivity contribution >= 4 is 41.0 Å². The molecule has 2 unspecified atom stereocenters. The van der Waals surface area contributed by atoms with Gasteiger partial charge in [-0.25, -0.2) is 9.78 Å². The van der Waals surface area contributed by atoms with Crippen LogP contribution in [0.5, 0.6) is 11.5 Å². The fourth-order valence-electron chi connectivity index (χ4n) is 5.33. The third-order valence-corrected chi connectivity index (χ3v) is 8.47. The van der Waals surface area contributed by atoms with Gasteiger partial charge in [0.05, 0.1) is 24.0 Å². The van der Waals surface area contributed by atoms with E-state index in [4.69, 9.17) is 4.74 Å². The number of likely N-dealkylation sites (N-methyl/N-ethyl adjacent to an activating group) is 1. The molecule has 206 valence electrons. The normalized spacial score (nSPS) is 21.3. The van der Waals surface area contributed by atoms with Gasteiger partial charge in [0.1, 0.15) is 21.8 Å². The number of hydrogen-bond donors (Lipinski definition) is 2. The molecule has 4 heterocycles. The molecule has 1 fully saturated rings. The molecule has 1 saturated heterocycles. The van der Waals surface area contributed by atoms with Crippen LogP contribution in [0.4, 0.5) is 16.2 Å². The smallest absolute Gasteiger partial charge is 0.327 e. The van der Waals surface area contributed by atoms with Crippen molar-refractivity contribution in [2.24, 2.45) is 0 Å². The van der Waals surface area contributed by atoms with Crippen LogP contribution in [0.3, 0.4) is 0 Å². The molecule has 0 spiro atoms. The quantitative estimate of drug-likeness (QED) is 0.457. The van der Waals surface area contributed by atoms with Crippen molar-refractivity contribution in [2.45, 2.75) is 28.8 Å². The minimum absolute atomic E-state index is 0.0533. The number of likely N-dealkylation sites (tertiary alicyclic amines) is 1. The maximum atomic E-state index is 13.4. The van der Waals surface area contributed by atoms with Gasteiger partial charge in [-0.3, -0.25) is 14.5 Å². The lowest BCUT2D eigenvalue weighted by molar-refractivity contribution is -0.131. The van der Waals surface area contributed by atoms with Crippen LogP contribution in [-0.4, -0.2) is 77.7 Å². The van der Waals surface area contributed by atoms with E-state index in [2.05, 4.69) is 15.6 Å². The first kappa shape index (κ1) is 26.1. The Morgan fingerprint density at radius 2 is 1.85 bits per heavy atom. The second-order valence-electron chi connectivity index (χ2n) is 10.3. The number of anilines is 2. The van der Waals surface area contributed by atoms with Gasteiger partial charge in [-0.15, -0.1) is 0 Å². The summed E-state index contributed by atoms with van der Waals surface area (Å²) in [5.41, 5.74) is 2.22. The summed E-state index contributed by atoms with van der Waals surface area (Å²) in [6, 6.07) is 17.7. The highest BCUT2D eigenvalue weighted by Crippen LogP contribution is 2.50. The molecule has 0 saturated carbocycles. The van der Waals surface area contributed by atoms with Gasteiger partial charge in [-0.1, -0.05) is 30.0 Å². The van der Waals surface area contributed by atoms with Crippen LogP contribution >= 0.6 is 11.8 Å². The molecule has 3 aliphatic heterocycles. The van der Waals surface area contributed by atoms with Gasteiger partial charge in [0.2, 0.25) is 11.8 Å². The lowest BCUT2D eigenvalue weighted by Gasteiger charge is -2.34. The summed E-state index contributed by atoms with van der Waals surface area (Å²) in [7, 11) is 3.72. The summed E-state index contributed by atoms with van der Waals surface area (Å²) < 4.78 is 5.89. The monoisotopic (exact) mass is 558 g/mol. The predicted molar refractivity (Wildman–Crippen MR) is 152 cm³/mol. The van der Waals surface area contributed by atoms with E-state index in [9.17, 15) is 14.4 Å². The molecule has 11 heteroatoms. The summed E-state index contributed by atoms with van der Waals surface area (Å²) >= 11 is 1.36. The van der Waals surface area contributed by atoms with Crippen molar-refractivity contribution in [3.63, 3.8) is 0 Å². The van der Waals surface area contributed by atoms with Crippen LogP contribution in [0, 0.1) is 0 Å². The summed E-state index contributed by atoms with van der Waals surface area (Å²) in [5, 5.41) is 6.33. The number of hydrogen-bond acceptors (Lipinski definition) is 7. The van der Waals surface area contributed by atoms with Crippen LogP contribution in [0.15, 0.2) is 71.9 Å². The second-order valence-corrected chi connectivity index (χ2v) is 11.5. The summed E-state index contributed by atoms with van der Waals surface area (Å²) in [5.74, 6) is 1.28. The maximum Gasteiger partial charge on any atom is 0.327 e. The number of amides is 4. The van der Waals surface area contributed by atoms with Crippen LogP contribution in [0.25, 0.3) is 0 Å². The number of rotatable bonds is 7. The fraction of sp³-hybridized carbons (Fsp3) is 0.310. The Hall–Kier alpha value is -4.09. The number of benzene rings is 2. The van der Waals surface area contributed by atoms with Crippen LogP contribution in [0.2, 0.25) is 0 Å². The summed E-state index contributed by atoms with van der Waals surface area (Å²) in [6.07, 6.45) is 2.37. The fourth-order valence-corrected chi connectivity index (χ4v) is 6.56. The van der Waals surface area contributed by atoms with E-state index >= 15 is 0 Å². The highest BCUT2D eigenvalue weighted by atomic mass is 32.2. The van der Waals surface area contributed by atoms with Crippen molar-refractivity contribution in [3.8, 4) is 11.5 Å². The van der Waals surface area contributed by atoms with E-state index in [1.165, 1.54) is 11.8 Å². The van der Waals surface area contributed by atoms with Gasteiger partial charge in [-0.05, 0) is 63.0 Å². The number of nitrogens with one attached hydrogen (secondary N) is 2. The Kier molecular flexibility index (Phi) is 7.07. The van der Waals surface area contributed by atoms with Crippen molar-refractivity contribution in [1.82, 2.24) is 25.4 Å². The topological polar surface area (TPSA) is 107 Å². The zero-order chi connectivity index (χ0) is 27.8. The molecule has 4 amide bonds. The van der Waals surface area contributed by atoms with E-state index in [-0.39, 0.29) is 23.9 Å². The van der Waals surface area contributed by atoms with E-state index in [0.717, 1.165) is 16.3 Å². The number of para-hydroxylation sites is 1. The highest BCUT2D eigenvalue weighted by Gasteiger charge is 2.47. The molecule has 6 rings (SSSR count). The summed E-state index contributed by atoms with van der Waals surface area (Å²) in [4.78, 5) is 49.0. The molecule has 1 aromatic heterocycles. The number of carbonyl (C=O) groups is 3. The SMILES string of the molecule is CN(C)CC(=O)N1CCC(NC(=O)[C@@H]2Sc3nccc4c3C2NC(=O)N4c2ccc(Oc3ccccc3)cc2)C1. The Balaban J connectivity index is 1.17. The molecular formula is C29H30N6O4S. The molecular weight excluding hydrogens is 528 g/mol. The van der Waals surface area contributed by atoms with Gasteiger partial charge < -0.3 is 25.2 Å². The van der Waals surface area contributed by atoms with Gasteiger partial charge >= 0.3 is 6.03 Å². The Morgan fingerprint density at radius 1 is 1.10 bits per heavy atom. The first-order valence-corrected chi connectivity index (χ1v) is 14.1. The van der Waals surface area contributed by atoms with E-state index in [1.54, 1.807) is 16.0 Å². The van der Waals surface area contributed by atoms with Gasteiger partial charge in [-0.2, -0.15) is 0 Å². The van der Waals surface area contributed by atoms with Crippen molar-refractivity contribution in [2.75, 3.05) is 38.6 Å². The third kappa shape index (κ3) is 5.09. The lowest BCUT2D eigenvalue weighted by atomic mass is 9.99. The molecule has 0 aliphatic carbocycles. The number of aromatic nitrogens is 1. The average Bonchev–Trinajstić information content (AvgIpc) is 3.56. The van der Waals surface area contributed by atoms with Crippen molar-refractivity contribution in [1.29, 1.82) is 0 Å². The average molecular weight is 559 g/mol. The molecule has 0 bridgehead atoms. The largest absolute Gasteiger partial charge is 0.457 e. The molecule has 10 nitrogen and oxygen atoms in total. The number of thioether (sulfide) groups is 1. The molecule has 3 aliphatic rings. The van der Waals surface area contributed by atoms with Gasteiger partial charge in [0.15, 0.2) is 0 Å². The van der Waals surface area contributed by atoms with Crippen LogP contribution in [-0.2, 0) is 9.59 Å². The minimum atomic E-state index is -0.553. The van der Waals surface area contributed by atoms with Crippen molar-refractivity contribution in [3.05, 3.63) is 72.4 Å². The Bertz CT molecular complexity index is 1430. The predicted octanol–water partition coefficient (Wildman–Crippen LogP) is 3.53. The number of ether oxygens (including phenoxy) is 1. The highest BCUT2D eigenvalue weighted by molar-refractivity contribution is 8.01. The zero-order valence-electron chi connectivity index (χ0n) is 22.2. The first-order valence-electron chi connectivity index (χ1n) is 13.2. The molecule has 0 radical (unpaired) electrons. The molecule has 3 aromatic rings. The Morgan fingerprint density at radius 3 is 2.60 bits per heavy atom. The number of pyridine rings is 1. The van der Waals surface area contributed by atoms with Gasteiger partial charge in [0, 0.05) is 30.9 Å². The van der Waals surface area contributed by atoms with E-state index in [1.807, 2.05) is 79.7 Å². The molecule has 40 heavy (non-hydrogen) atoms. The second kappa shape index (κ2) is 10.8. The zero-order valence-corrected chi connectivity index (χ0v) is 23.1. The Labute approximate surface area is 236 Å². The summed E-state index contributed by atoms with van der Waals surface area (Å²) in [6.45, 7) is 1.45. The number of nitrogens with zero attached hydrogens (tertiary/aromatic N) is 4. The third-order valence-electron chi connectivity index (χ3n) is 7.18.